The van der Waals surface area contributed by atoms with Gasteiger partial charge >= 0.3 is 5.97 Å². The van der Waals surface area contributed by atoms with Gasteiger partial charge in [-0.15, -0.1) is 0 Å². The molecule has 31 heavy (non-hydrogen) atoms. The first-order chi connectivity index (χ1) is 14.7. The molecule has 0 aliphatic rings. The van der Waals surface area contributed by atoms with Crippen LogP contribution in [0, 0.1) is 0 Å². The summed E-state index contributed by atoms with van der Waals surface area (Å²) >= 11 is 0. The van der Waals surface area contributed by atoms with E-state index in [0.717, 1.165) is 5.56 Å². The van der Waals surface area contributed by atoms with Crippen molar-refractivity contribution in [2.45, 2.75) is 51.7 Å². The van der Waals surface area contributed by atoms with E-state index in [1.165, 1.54) is 0 Å². The number of nitrogens with one attached hydrogen (secondary N) is 1. The Morgan fingerprint density at radius 3 is 2.13 bits per heavy atom. The summed E-state index contributed by atoms with van der Waals surface area (Å²) in [6, 6.07) is 17.9. The zero-order valence-electron chi connectivity index (χ0n) is 18.8. The Morgan fingerprint density at radius 2 is 1.55 bits per heavy atom. The molecule has 2 aromatic rings. The number of nitrogens with zero attached hydrogens (tertiary/aromatic N) is 1. The smallest absolute Gasteiger partial charge is 0.306 e. The second kappa shape index (κ2) is 11.3. The molecule has 0 bridgehead atoms. The monoisotopic (exact) mass is 424 g/mol. The maximum atomic E-state index is 12.8. The van der Waals surface area contributed by atoms with Crippen molar-refractivity contribution in [1.29, 1.82) is 0 Å². The molecule has 0 radical (unpaired) electrons. The lowest BCUT2D eigenvalue weighted by molar-refractivity contribution is -0.155. The summed E-state index contributed by atoms with van der Waals surface area (Å²) in [4.78, 5) is 38.9. The van der Waals surface area contributed by atoms with E-state index in [4.69, 9.17) is 4.74 Å². The fraction of sp³-hybridized carbons (Fsp3) is 0.400. The van der Waals surface area contributed by atoms with E-state index >= 15 is 0 Å². The number of esters is 1. The Morgan fingerprint density at radius 1 is 0.968 bits per heavy atom. The average molecular weight is 425 g/mol. The van der Waals surface area contributed by atoms with Gasteiger partial charge < -0.3 is 15.0 Å². The van der Waals surface area contributed by atoms with E-state index in [1.807, 2.05) is 57.2 Å². The van der Waals surface area contributed by atoms with Gasteiger partial charge in [0, 0.05) is 25.6 Å². The minimum absolute atomic E-state index is 0.105. The lowest BCUT2D eigenvalue weighted by atomic mass is 10.0. The molecule has 0 aliphatic heterocycles. The van der Waals surface area contributed by atoms with Crippen LogP contribution in [0.2, 0.25) is 0 Å². The standard InChI is InChI=1S/C25H32N2O4/c1-25(2,3)31-23(29)16-11-17-27(4)22(28)18-21(19-12-7-5-8-13-19)26-24(30)20-14-9-6-10-15-20/h5-10,12-15,21H,11,16-18H2,1-4H3,(H,26,30). The summed E-state index contributed by atoms with van der Waals surface area (Å²) in [7, 11) is 1.71. The first-order valence-corrected chi connectivity index (χ1v) is 10.5. The van der Waals surface area contributed by atoms with Crippen LogP contribution in [0.1, 0.15) is 62.0 Å². The summed E-state index contributed by atoms with van der Waals surface area (Å²) < 4.78 is 5.30. The number of rotatable bonds is 9. The van der Waals surface area contributed by atoms with Crippen LogP contribution < -0.4 is 5.32 Å². The maximum Gasteiger partial charge on any atom is 0.306 e. The molecule has 1 N–H and O–H groups in total. The summed E-state index contributed by atoms with van der Waals surface area (Å²) in [5.74, 6) is -0.605. The van der Waals surface area contributed by atoms with Crippen LogP contribution in [0.3, 0.4) is 0 Å². The SMILES string of the molecule is CN(CCCC(=O)OC(C)(C)C)C(=O)CC(NC(=O)c1ccccc1)c1ccccc1. The highest BCUT2D eigenvalue weighted by atomic mass is 16.6. The number of ether oxygens (including phenoxy) is 1. The fourth-order valence-electron chi connectivity index (χ4n) is 3.08. The number of hydrogen-bond donors (Lipinski definition) is 1. The average Bonchev–Trinajstić information content (AvgIpc) is 2.73. The molecule has 0 aromatic heterocycles. The van der Waals surface area contributed by atoms with E-state index in [9.17, 15) is 14.4 Å². The van der Waals surface area contributed by atoms with Gasteiger partial charge in [-0.3, -0.25) is 14.4 Å². The topological polar surface area (TPSA) is 75.7 Å². The quantitative estimate of drug-likeness (QED) is 0.614. The van der Waals surface area contributed by atoms with Gasteiger partial charge in [0.2, 0.25) is 5.91 Å². The first-order valence-electron chi connectivity index (χ1n) is 10.5. The van der Waals surface area contributed by atoms with Gasteiger partial charge in [0.1, 0.15) is 5.60 Å². The molecule has 1 atom stereocenters. The second-order valence-electron chi connectivity index (χ2n) is 8.51. The highest BCUT2D eigenvalue weighted by molar-refractivity contribution is 5.94. The van der Waals surface area contributed by atoms with Crippen molar-refractivity contribution < 1.29 is 19.1 Å². The van der Waals surface area contributed by atoms with Crippen molar-refractivity contribution in [3.05, 3.63) is 71.8 Å². The van der Waals surface area contributed by atoms with E-state index in [1.54, 1.807) is 36.2 Å². The maximum absolute atomic E-state index is 12.8. The molecule has 0 saturated heterocycles. The summed E-state index contributed by atoms with van der Waals surface area (Å²) in [5, 5.41) is 2.97. The van der Waals surface area contributed by atoms with E-state index < -0.39 is 11.6 Å². The Kier molecular flexibility index (Phi) is 8.79. The third kappa shape index (κ3) is 8.62. The minimum Gasteiger partial charge on any atom is -0.460 e. The summed E-state index contributed by atoms with van der Waals surface area (Å²) in [5.41, 5.74) is 0.891. The predicted octanol–water partition coefficient (Wildman–Crippen LogP) is 4.13. The van der Waals surface area contributed by atoms with Crippen molar-refractivity contribution in [1.82, 2.24) is 10.2 Å². The molecule has 6 nitrogen and oxygen atoms in total. The number of carbonyl (C=O) groups excluding carboxylic acids is 3. The van der Waals surface area contributed by atoms with Crippen LogP contribution in [0.5, 0.6) is 0 Å². The van der Waals surface area contributed by atoms with Crippen LogP contribution in [0.15, 0.2) is 60.7 Å². The van der Waals surface area contributed by atoms with Crippen molar-refractivity contribution in [2.75, 3.05) is 13.6 Å². The molecular weight excluding hydrogens is 392 g/mol. The zero-order chi connectivity index (χ0) is 22.9. The molecule has 0 saturated carbocycles. The molecule has 6 heteroatoms. The Balaban J connectivity index is 1.96. The largest absolute Gasteiger partial charge is 0.460 e. The van der Waals surface area contributed by atoms with E-state index in [0.29, 0.717) is 18.5 Å². The predicted molar refractivity (Wildman–Crippen MR) is 120 cm³/mol. The number of carbonyl (C=O) groups is 3. The summed E-state index contributed by atoms with van der Waals surface area (Å²) in [6.45, 7) is 5.92. The Hall–Kier alpha value is -3.15. The van der Waals surface area contributed by atoms with Gasteiger partial charge in [-0.05, 0) is 44.9 Å². The lowest BCUT2D eigenvalue weighted by Gasteiger charge is -2.23. The van der Waals surface area contributed by atoms with Crippen LogP contribution in [-0.4, -0.2) is 41.9 Å². The van der Waals surface area contributed by atoms with E-state index in [-0.39, 0.29) is 30.6 Å². The highest BCUT2D eigenvalue weighted by Gasteiger charge is 2.22. The van der Waals surface area contributed by atoms with Crippen LogP contribution in [0.4, 0.5) is 0 Å². The van der Waals surface area contributed by atoms with Gasteiger partial charge in [0.05, 0.1) is 12.5 Å². The second-order valence-corrected chi connectivity index (χ2v) is 8.51. The minimum atomic E-state index is -0.515. The van der Waals surface area contributed by atoms with Crippen LogP contribution >= 0.6 is 0 Å². The Bertz CT molecular complexity index is 860. The van der Waals surface area contributed by atoms with Gasteiger partial charge in [0.25, 0.3) is 5.91 Å². The highest BCUT2D eigenvalue weighted by Crippen LogP contribution is 2.19. The third-order valence-corrected chi connectivity index (χ3v) is 4.64. The third-order valence-electron chi connectivity index (χ3n) is 4.64. The van der Waals surface area contributed by atoms with E-state index in [2.05, 4.69) is 5.32 Å². The van der Waals surface area contributed by atoms with Crippen molar-refractivity contribution in [3.63, 3.8) is 0 Å². The van der Waals surface area contributed by atoms with Gasteiger partial charge in [0.15, 0.2) is 0 Å². The molecule has 2 aromatic carbocycles. The summed E-state index contributed by atoms with van der Waals surface area (Å²) in [6.07, 6.45) is 0.900. The van der Waals surface area contributed by atoms with Crippen molar-refractivity contribution in [3.8, 4) is 0 Å². The number of amides is 2. The molecule has 166 valence electrons. The normalized spacial score (nSPS) is 12.0. The molecule has 2 amide bonds. The molecule has 0 heterocycles. The lowest BCUT2D eigenvalue weighted by Crippen LogP contribution is -2.35. The molecule has 0 aliphatic carbocycles. The molecule has 1 unspecified atom stereocenters. The van der Waals surface area contributed by atoms with Crippen LogP contribution in [-0.2, 0) is 14.3 Å². The van der Waals surface area contributed by atoms with Crippen molar-refractivity contribution >= 4 is 17.8 Å². The molecule has 0 spiro atoms. The van der Waals surface area contributed by atoms with Crippen LogP contribution in [0.25, 0.3) is 0 Å². The van der Waals surface area contributed by atoms with Gasteiger partial charge in [-0.1, -0.05) is 48.5 Å². The zero-order valence-corrected chi connectivity index (χ0v) is 18.8. The Labute approximate surface area is 184 Å². The van der Waals surface area contributed by atoms with Gasteiger partial charge in [-0.25, -0.2) is 0 Å². The fourth-order valence-corrected chi connectivity index (χ4v) is 3.08. The number of benzene rings is 2. The first kappa shape index (κ1) is 24.1. The van der Waals surface area contributed by atoms with Crippen molar-refractivity contribution in [2.24, 2.45) is 0 Å². The molecule has 0 fully saturated rings. The molecular formula is C25H32N2O4. The number of hydrogen-bond acceptors (Lipinski definition) is 4. The molecule has 2 rings (SSSR count). The van der Waals surface area contributed by atoms with Gasteiger partial charge in [-0.2, -0.15) is 0 Å².